The quantitative estimate of drug-likeness (QED) is 0.644. The summed E-state index contributed by atoms with van der Waals surface area (Å²) in [6, 6.07) is 6.95. The Morgan fingerprint density at radius 1 is 1.20 bits per heavy atom. The van der Waals surface area contributed by atoms with Gasteiger partial charge in [0, 0.05) is 19.9 Å². The first-order valence-electron chi connectivity index (χ1n) is 8.39. The summed E-state index contributed by atoms with van der Waals surface area (Å²) in [5.41, 5.74) is 1.11. The number of rotatable bonds is 10. The molecule has 0 fully saturated rings. The molecule has 1 N–H and O–H groups in total. The number of amides is 1. The number of hydrogen-bond acceptors (Lipinski definition) is 4. The number of carbonyl (C=O) groups excluding carboxylic acids is 1. The van der Waals surface area contributed by atoms with Gasteiger partial charge in [0.15, 0.2) is 0 Å². The second-order valence-corrected chi connectivity index (χ2v) is 7.03. The minimum atomic E-state index is -0.971. The number of methoxy groups -OCH3 is 1. The van der Waals surface area contributed by atoms with Crippen LogP contribution in [0.5, 0.6) is 5.75 Å². The van der Waals surface area contributed by atoms with Gasteiger partial charge in [0.05, 0.1) is 7.11 Å². The lowest BCUT2D eigenvalue weighted by atomic mass is 10.0. The number of nitrogens with zero attached hydrogens (tertiary/aromatic N) is 1. The topological polar surface area (TPSA) is 66.8 Å². The number of likely N-dealkylation sites (N-methyl/N-ethyl adjacent to an activating group) is 1. The predicted molar refractivity (Wildman–Crippen MR) is 102 cm³/mol. The summed E-state index contributed by atoms with van der Waals surface area (Å²) in [7, 11) is 3.18. The molecule has 1 atom stereocenters. The molecule has 6 heteroatoms. The summed E-state index contributed by atoms with van der Waals surface area (Å²) in [6.45, 7) is 3.60. The molecule has 1 aromatic carbocycles. The first-order valence-corrected chi connectivity index (χ1v) is 8.80. The molecule has 0 saturated carbocycles. The van der Waals surface area contributed by atoms with Gasteiger partial charge in [-0.2, -0.15) is 0 Å². The van der Waals surface area contributed by atoms with E-state index < -0.39 is 12.0 Å². The second-order valence-electron chi connectivity index (χ2n) is 6.45. The summed E-state index contributed by atoms with van der Waals surface area (Å²) < 4.78 is 5.12. The van der Waals surface area contributed by atoms with Gasteiger partial charge in [-0.15, -0.1) is 0 Å². The summed E-state index contributed by atoms with van der Waals surface area (Å²) in [5, 5.41) is 9.25. The molecule has 0 radical (unpaired) electrons. The number of benzene rings is 1. The summed E-state index contributed by atoms with van der Waals surface area (Å²) >= 11 is 5.40. The number of aliphatic carboxylic acids is 1. The van der Waals surface area contributed by atoms with E-state index in [4.69, 9.17) is 17.0 Å². The zero-order chi connectivity index (χ0) is 19.0. The molecule has 0 unspecified atom stereocenters. The highest BCUT2D eigenvalue weighted by Crippen LogP contribution is 2.15. The van der Waals surface area contributed by atoms with Crippen LogP contribution in [0.3, 0.4) is 0 Å². The Hall–Kier alpha value is -1.95. The molecule has 0 aliphatic carbocycles. The molecule has 1 rings (SSSR count). The molecular formula is C19H27NO4S. The number of carbonyl (C=O) groups is 2. The molecule has 0 aromatic heterocycles. The Bertz CT molecular complexity index is 598. The van der Waals surface area contributed by atoms with Gasteiger partial charge in [-0.05, 0) is 41.3 Å². The van der Waals surface area contributed by atoms with Gasteiger partial charge in [-0.3, -0.25) is 4.79 Å². The highest BCUT2D eigenvalue weighted by Gasteiger charge is 2.28. The molecular weight excluding hydrogens is 338 g/mol. The van der Waals surface area contributed by atoms with Crippen LogP contribution >= 0.6 is 12.2 Å². The van der Waals surface area contributed by atoms with Crippen LogP contribution in [0.15, 0.2) is 24.3 Å². The molecule has 0 spiro atoms. The van der Waals surface area contributed by atoms with E-state index in [9.17, 15) is 14.7 Å². The van der Waals surface area contributed by atoms with E-state index in [0.29, 0.717) is 25.7 Å². The van der Waals surface area contributed by atoms with Crippen LogP contribution in [0.4, 0.5) is 0 Å². The average Bonchev–Trinajstić information content (AvgIpc) is 2.54. The number of carboxylic acids is 1. The van der Waals surface area contributed by atoms with E-state index in [1.54, 1.807) is 28.0 Å². The van der Waals surface area contributed by atoms with Crippen LogP contribution in [-0.4, -0.2) is 46.9 Å². The average molecular weight is 365 g/mol. The molecule has 0 aliphatic rings. The van der Waals surface area contributed by atoms with Gasteiger partial charge in [0.2, 0.25) is 5.91 Å². The fourth-order valence-corrected chi connectivity index (χ4v) is 3.04. The number of ether oxygens (including phenoxy) is 1. The van der Waals surface area contributed by atoms with Crippen molar-refractivity contribution in [1.82, 2.24) is 4.90 Å². The van der Waals surface area contributed by atoms with Crippen molar-refractivity contribution in [3.8, 4) is 5.75 Å². The van der Waals surface area contributed by atoms with Crippen LogP contribution in [0.1, 0.15) is 38.7 Å². The zero-order valence-corrected chi connectivity index (χ0v) is 16.1. The van der Waals surface area contributed by atoms with E-state index in [2.05, 4.69) is 0 Å². The highest BCUT2D eigenvalue weighted by atomic mass is 32.1. The van der Waals surface area contributed by atoms with Crippen molar-refractivity contribution in [2.24, 2.45) is 5.92 Å². The second kappa shape index (κ2) is 10.1. The van der Waals surface area contributed by atoms with Gasteiger partial charge in [0.1, 0.15) is 11.8 Å². The first-order chi connectivity index (χ1) is 11.8. The molecule has 0 saturated heterocycles. The molecule has 25 heavy (non-hydrogen) atoms. The standard InChI is InChI=1S/C19H27NO4S/c1-13(2)18(19(22)23)20(3)17(21)7-5-6-16(25)12-14-8-10-15(24-4)11-9-14/h8-11,13,18H,5-7,12H2,1-4H3,(H,22,23)/t18-/m0/s1. The first kappa shape index (κ1) is 21.1. The third kappa shape index (κ3) is 6.82. The SMILES string of the molecule is COc1ccc(CC(=S)CCCC(=O)N(C)[C@H](C(=O)O)C(C)C)cc1. The fraction of sp³-hybridized carbons (Fsp3) is 0.526. The Kier molecular flexibility index (Phi) is 8.55. The van der Waals surface area contributed by atoms with Gasteiger partial charge >= 0.3 is 5.97 Å². The van der Waals surface area contributed by atoms with Crippen molar-refractivity contribution in [3.63, 3.8) is 0 Å². The molecule has 0 aliphatic heterocycles. The normalized spacial score (nSPS) is 11.9. The van der Waals surface area contributed by atoms with Crippen LogP contribution in [0, 0.1) is 5.92 Å². The van der Waals surface area contributed by atoms with Gasteiger partial charge in [-0.1, -0.05) is 38.2 Å². The van der Waals surface area contributed by atoms with Crippen molar-refractivity contribution in [2.75, 3.05) is 14.2 Å². The minimum absolute atomic E-state index is 0.136. The highest BCUT2D eigenvalue weighted by molar-refractivity contribution is 7.80. The lowest BCUT2D eigenvalue weighted by Gasteiger charge is -2.27. The summed E-state index contributed by atoms with van der Waals surface area (Å²) in [6.07, 6.45) is 2.28. The van der Waals surface area contributed by atoms with E-state index in [1.807, 2.05) is 24.3 Å². The maximum atomic E-state index is 12.2. The predicted octanol–water partition coefficient (Wildman–Crippen LogP) is 3.35. The van der Waals surface area contributed by atoms with Crippen LogP contribution in [-0.2, 0) is 16.0 Å². The Morgan fingerprint density at radius 2 is 1.80 bits per heavy atom. The maximum Gasteiger partial charge on any atom is 0.326 e. The van der Waals surface area contributed by atoms with E-state index in [0.717, 1.165) is 16.2 Å². The lowest BCUT2D eigenvalue weighted by molar-refractivity contribution is -0.151. The van der Waals surface area contributed by atoms with Crippen molar-refractivity contribution in [2.45, 2.75) is 45.6 Å². The van der Waals surface area contributed by atoms with Crippen LogP contribution in [0.25, 0.3) is 0 Å². The minimum Gasteiger partial charge on any atom is -0.497 e. The van der Waals surface area contributed by atoms with Gasteiger partial charge in [0.25, 0.3) is 0 Å². The largest absolute Gasteiger partial charge is 0.497 e. The Labute approximate surface area is 155 Å². The van der Waals surface area contributed by atoms with E-state index >= 15 is 0 Å². The molecule has 5 nitrogen and oxygen atoms in total. The van der Waals surface area contributed by atoms with Crippen LogP contribution in [0.2, 0.25) is 0 Å². The number of carboxylic acid groups (broad SMARTS) is 1. The summed E-state index contributed by atoms with van der Waals surface area (Å²) in [4.78, 5) is 25.7. The van der Waals surface area contributed by atoms with Crippen LogP contribution < -0.4 is 4.74 Å². The fourth-order valence-electron chi connectivity index (χ4n) is 2.73. The molecule has 1 aromatic rings. The third-order valence-corrected chi connectivity index (χ3v) is 4.45. The third-order valence-electron chi connectivity index (χ3n) is 4.10. The number of hydrogen-bond donors (Lipinski definition) is 1. The molecule has 1 amide bonds. The van der Waals surface area contributed by atoms with E-state index in [1.165, 1.54) is 4.90 Å². The van der Waals surface area contributed by atoms with E-state index in [-0.39, 0.29) is 11.8 Å². The maximum absolute atomic E-state index is 12.2. The van der Waals surface area contributed by atoms with Gasteiger partial charge < -0.3 is 14.7 Å². The molecule has 0 bridgehead atoms. The summed E-state index contributed by atoms with van der Waals surface area (Å²) in [5.74, 6) is -0.460. The monoisotopic (exact) mass is 365 g/mol. The smallest absolute Gasteiger partial charge is 0.326 e. The number of thiocarbonyl (C=S) groups is 1. The Morgan fingerprint density at radius 3 is 2.28 bits per heavy atom. The van der Waals surface area contributed by atoms with Crippen molar-refractivity contribution >= 4 is 29.0 Å². The van der Waals surface area contributed by atoms with Gasteiger partial charge in [-0.25, -0.2) is 4.79 Å². The Balaban J connectivity index is 2.43. The molecule has 0 heterocycles. The zero-order valence-electron chi connectivity index (χ0n) is 15.3. The van der Waals surface area contributed by atoms with Crippen molar-refractivity contribution in [1.29, 1.82) is 0 Å². The molecule has 138 valence electrons. The lowest BCUT2D eigenvalue weighted by Crippen LogP contribution is -2.45. The van der Waals surface area contributed by atoms with Crippen molar-refractivity contribution < 1.29 is 19.4 Å². The van der Waals surface area contributed by atoms with Crippen molar-refractivity contribution in [3.05, 3.63) is 29.8 Å².